The molecule has 2 heterocycles. The van der Waals surface area contributed by atoms with Crippen molar-refractivity contribution >= 4 is 17.3 Å². The van der Waals surface area contributed by atoms with Gasteiger partial charge in [-0.05, 0) is 6.07 Å². The number of methoxy groups -OCH3 is 1. The van der Waals surface area contributed by atoms with E-state index in [2.05, 4.69) is 9.97 Å². The predicted octanol–water partition coefficient (Wildman–Crippen LogP) is 1.48. The second-order valence-electron chi connectivity index (χ2n) is 5.20. The Morgan fingerprint density at radius 3 is 2.75 bits per heavy atom. The molecular weight excluding hydrogens is 314 g/mol. The summed E-state index contributed by atoms with van der Waals surface area (Å²) in [6.45, 7) is 2.24. The first-order valence-electron chi connectivity index (χ1n) is 7.38. The largest absolute Gasteiger partial charge is 0.496 e. The molecule has 1 aromatic heterocycles. The van der Waals surface area contributed by atoms with Crippen molar-refractivity contribution in [2.45, 2.75) is 0 Å². The Morgan fingerprint density at radius 2 is 2.12 bits per heavy atom. The van der Waals surface area contributed by atoms with E-state index in [1.807, 2.05) is 4.90 Å². The lowest BCUT2D eigenvalue weighted by Gasteiger charge is -2.29. The number of nitro groups is 1. The summed E-state index contributed by atoms with van der Waals surface area (Å²) in [5.74, 6) is 0.578. The van der Waals surface area contributed by atoms with Crippen molar-refractivity contribution in [2.24, 2.45) is 0 Å². The molecule has 1 aromatic carbocycles. The van der Waals surface area contributed by atoms with Gasteiger partial charge in [-0.3, -0.25) is 10.1 Å². The SMILES string of the molecule is COc1cc(N2CCOCC2)c([N+](=O)[O-])cc1-c1ccnc(N)n1. The normalized spacial score (nSPS) is 14.5. The van der Waals surface area contributed by atoms with Gasteiger partial charge in [0.2, 0.25) is 5.95 Å². The van der Waals surface area contributed by atoms with E-state index in [0.717, 1.165) is 0 Å². The molecule has 0 spiro atoms. The van der Waals surface area contributed by atoms with Crippen molar-refractivity contribution in [2.75, 3.05) is 44.0 Å². The van der Waals surface area contributed by atoms with Gasteiger partial charge in [-0.2, -0.15) is 0 Å². The Morgan fingerprint density at radius 1 is 1.38 bits per heavy atom. The number of hydrogen-bond acceptors (Lipinski definition) is 8. The molecule has 1 saturated heterocycles. The number of anilines is 2. The molecule has 0 amide bonds. The minimum Gasteiger partial charge on any atom is -0.496 e. The maximum atomic E-state index is 11.6. The number of nitrogens with zero attached hydrogens (tertiary/aromatic N) is 4. The van der Waals surface area contributed by atoms with Gasteiger partial charge in [-0.15, -0.1) is 0 Å². The average molecular weight is 331 g/mol. The second kappa shape index (κ2) is 6.67. The third kappa shape index (κ3) is 3.06. The van der Waals surface area contributed by atoms with E-state index in [1.165, 1.54) is 19.4 Å². The topological polar surface area (TPSA) is 117 Å². The van der Waals surface area contributed by atoms with Crippen LogP contribution in [-0.2, 0) is 4.74 Å². The van der Waals surface area contributed by atoms with Crippen LogP contribution in [0.1, 0.15) is 0 Å². The van der Waals surface area contributed by atoms with Gasteiger partial charge < -0.3 is 20.1 Å². The van der Waals surface area contributed by atoms with Crippen molar-refractivity contribution in [3.05, 3.63) is 34.5 Å². The summed E-state index contributed by atoms with van der Waals surface area (Å²) in [5.41, 5.74) is 7.07. The van der Waals surface area contributed by atoms with E-state index in [9.17, 15) is 10.1 Å². The maximum Gasteiger partial charge on any atom is 0.293 e. The zero-order valence-corrected chi connectivity index (χ0v) is 13.1. The van der Waals surface area contributed by atoms with Gasteiger partial charge in [0.25, 0.3) is 5.69 Å². The number of ether oxygens (including phenoxy) is 2. The highest BCUT2D eigenvalue weighted by atomic mass is 16.6. The third-order valence-corrected chi connectivity index (χ3v) is 3.80. The highest BCUT2D eigenvalue weighted by molar-refractivity contribution is 5.78. The van der Waals surface area contributed by atoms with Gasteiger partial charge in [0, 0.05) is 37.0 Å². The van der Waals surface area contributed by atoms with Crippen molar-refractivity contribution in [3.63, 3.8) is 0 Å². The lowest BCUT2D eigenvalue weighted by Crippen LogP contribution is -2.36. The van der Waals surface area contributed by atoms with Crippen LogP contribution >= 0.6 is 0 Å². The standard InChI is InChI=1S/C15H17N5O4/c1-23-14-9-12(19-4-6-24-7-5-19)13(20(21)22)8-10(14)11-2-3-17-15(16)18-11/h2-3,8-9H,4-7H2,1H3,(H2,16,17,18). The summed E-state index contributed by atoms with van der Waals surface area (Å²) in [4.78, 5) is 21.0. The minimum absolute atomic E-state index is 0.00937. The van der Waals surface area contributed by atoms with Crippen molar-refractivity contribution in [1.82, 2.24) is 9.97 Å². The Balaban J connectivity index is 2.14. The van der Waals surface area contributed by atoms with Crippen molar-refractivity contribution in [1.29, 1.82) is 0 Å². The Bertz CT molecular complexity index is 762. The quantitative estimate of drug-likeness (QED) is 0.661. The smallest absolute Gasteiger partial charge is 0.293 e. The molecule has 24 heavy (non-hydrogen) atoms. The van der Waals surface area contributed by atoms with Crippen LogP contribution in [0.4, 0.5) is 17.3 Å². The molecule has 1 aliphatic rings. The lowest BCUT2D eigenvalue weighted by molar-refractivity contribution is -0.384. The summed E-state index contributed by atoms with van der Waals surface area (Å²) >= 11 is 0. The van der Waals surface area contributed by atoms with E-state index < -0.39 is 4.92 Å². The molecular formula is C15H17N5O4. The molecule has 2 N–H and O–H groups in total. The molecule has 9 nitrogen and oxygen atoms in total. The van der Waals surface area contributed by atoms with Crippen LogP contribution in [0, 0.1) is 10.1 Å². The fourth-order valence-electron chi connectivity index (χ4n) is 2.65. The van der Waals surface area contributed by atoms with Crippen molar-refractivity contribution < 1.29 is 14.4 Å². The molecule has 0 saturated carbocycles. The number of aromatic nitrogens is 2. The Hall–Kier alpha value is -2.94. The molecule has 3 rings (SSSR count). The van der Waals surface area contributed by atoms with E-state index in [1.54, 1.807) is 12.1 Å². The predicted molar refractivity (Wildman–Crippen MR) is 88.1 cm³/mol. The van der Waals surface area contributed by atoms with Gasteiger partial charge in [0.15, 0.2) is 0 Å². The van der Waals surface area contributed by atoms with Crippen LogP contribution in [0.3, 0.4) is 0 Å². The van der Waals surface area contributed by atoms with Gasteiger partial charge >= 0.3 is 0 Å². The van der Waals surface area contributed by atoms with Crippen LogP contribution in [0.25, 0.3) is 11.3 Å². The molecule has 0 unspecified atom stereocenters. The van der Waals surface area contributed by atoms with Gasteiger partial charge in [-0.25, -0.2) is 9.97 Å². The number of rotatable bonds is 4. The van der Waals surface area contributed by atoms with Crippen LogP contribution in [0.15, 0.2) is 24.4 Å². The monoisotopic (exact) mass is 331 g/mol. The number of nitrogen functional groups attached to an aromatic ring is 1. The highest BCUT2D eigenvalue weighted by Gasteiger charge is 2.25. The van der Waals surface area contributed by atoms with E-state index in [0.29, 0.717) is 49.0 Å². The lowest BCUT2D eigenvalue weighted by atomic mass is 10.1. The van der Waals surface area contributed by atoms with E-state index in [4.69, 9.17) is 15.2 Å². The first-order chi connectivity index (χ1) is 11.6. The van der Waals surface area contributed by atoms with Crippen LogP contribution in [0.2, 0.25) is 0 Å². The molecule has 0 bridgehead atoms. The summed E-state index contributed by atoms with van der Waals surface area (Å²) in [5, 5.41) is 11.6. The van der Waals surface area contributed by atoms with Gasteiger partial charge in [-0.1, -0.05) is 0 Å². The summed E-state index contributed by atoms with van der Waals surface area (Å²) in [7, 11) is 1.51. The average Bonchev–Trinajstić information content (AvgIpc) is 2.61. The summed E-state index contributed by atoms with van der Waals surface area (Å²) in [6.07, 6.45) is 1.50. The van der Waals surface area contributed by atoms with Crippen LogP contribution < -0.4 is 15.4 Å². The Kier molecular flexibility index (Phi) is 4.43. The Labute approximate surface area is 138 Å². The minimum atomic E-state index is -0.404. The summed E-state index contributed by atoms with van der Waals surface area (Å²) in [6, 6.07) is 4.76. The molecule has 0 radical (unpaired) electrons. The molecule has 0 atom stereocenters. The van der Waals surface area contributed by atoms with Gasteiger partial charge in [0.05, 0.1) is 30.9 Å². The first-order valence-corrected chi connectivity index (χ1v) is 7.38. The number of morpholine rings is 1. The third-order valence-electron chi connectivity index (χ3n) is 3.80. The van der Waals surface area contributed by atoms with Crippen LogP contribution in [0.5, 0.6) is 5.75 Å². The fraction of sp³-hybridized carbons (Fsp3) is 0.333. The number of hydrogen-bond donors (Lipinski definition) is 1. The molecule has 126 valence electrons. The molecule has 2 aromatic rings. The highest BCUT2D eigenvalue weighted by Crippen LogP contribution is 2.40. The number of nitrogens with two attached hydrogens (primary N) is 1. The number of benzene rings is 1. The van der Waals surface area contributed by atoms with E-state index >= 15 is 0 Å². The zero-order chi connectivity index (χ0) is 17.1. The maximum absolute atomic E-state index is 11.6. The number of nitro benzene ring substituents is 1. The van der Waals surface area contributed by atoms with Crippen LogP contribution in [-0.4, -0.2) is 48.3 Å². The van der Waals surface area contributed by atoms with E-state index in [-0.39, 0.29) is 11.6 Å². The molecule has 1 fully saturated rings. The zero-order valence-electron chi connectivity index (χ0n) is 13.1. The molecule has 1 aliphatic heterocycles. The van der Waals surface area contributed by atoms with Gasteiger partial charge in [0.1, 0.15) is 11.4 Å². The molecule has 9 heteroatoms. The summed E-state index contributed by atoms with van der Waals surface area (Å²) < 4.78 is 10.7. The fourth-order valence-corrected chi connectivity index (χ4v) is 2.65. The molecule has 0 aliphatic carbocycles. The van der Waals surface area contributed by atoms with Crippen molar-refractivity contribution in [3.8, 4) is 17.0 Å². The second-order valence-corrected chi connectivity index (χ2v) is 5.20. The first kappa shape index (κ1) is 15.9.